The third-order valence-corrected chi connectivity index (χ3v) is 6.24. The second kappa shape index (κ2) is 11.1. The van der Waals surface area contributed by atoms with Crippen molar-refractivity contribution in [3.05, 3.63) is 66.4 Å². The number of rotatable bonds is 9. The number of para-hydroxylation sites is 1. The van der Waals surface area contributed by atoms with Crippen LogP contribution in [0.5, 0.6) is 5.75 Å². The number of likely N-dealkylation sites (tertiary alicyclic amines) is 1. The molecule has 2 heterocycles. The molecule has 1 fully saturated rings. The van der Waals surface area contributed by atoms with E-state index in [0.717, 1.165) is 68.1 Å². The Kier molecular flexibility index (Phi) is 7.79. The van der Waals surface area contributed by atoms with Crippen molar-refractivity contribution < 1.29 is 9.53 Å². The fourth-order valence-electron chi connectivity index (χ4n) is 4.51. The predicted octanol–water partition coefficient (Wildman–Crippen LogP) is 4.68. The molecule has 1 atom stereocenters. The van der Waals surface area contributed by atoms with Gasteiger partial charge in [-0.25, -0.2) is 4.68 Å². The second-order valence-corrected chi connectivity index (χ2v) is 8.81. The molecule has 3 aromatic rings. The van der Waals surface area contributed by atoms with Crippen molar-refractivity contribution in [2.75, 3.05) is 26.7 Å². The average molecular weight is 447 g/mol. The average Bonchev–Trinajstić information content (AvgIpc) is 3.27. The van der Waals surface area contributed by atoms with Gasteiger partial charge in [-0.05, 0) is 68.1 Å². The van der Waals surface area contributed by atoms with Crippen molar-refractivity contribution in [3.8, 4) is 22.7 Å². The van der Waals surface area contributed by atoms with Crippen molar-refractivity contribution in [1.82, 2.24) is 20.0 Å². The molecule has 1 saturated heterocycles. The Hall–Kier alpha value is -3.12. The van der Waals surface area contributed by atoms with Crippen LogP contribution in [-0.2, 0) is 11.3 Å². The van der Waals surface area contributed by atoms with Gasteiger partial charge in [-0.2, -0.15) is 5.10 Å². The lowest BCUT2D eigenvalue weighted by molar-refractivity contribution is -0.121. The van der Waals surface area contributed by atoms with Gasteiger partial charge in [0, 0.05) is 43.4 Å². The number of hydrogen-bond donors (Lipinski definition) is 1. The van der Waals surface area contributed by atoms with Crippen molar-refractivity contribution >= 4 is 5.91 Å². The topological polar surface area (TPSA) is 59.4 Å². The molecule has 4 rings (SSSR count). The lowest BCUT2D eigenvalue weighted by Crippen LogP contribution is -2.40. The van der Waals surface area contributed by atoms with Crippen molar-refractivity contribution in [3.63, 3.8) is 0 Å². The van der Waals surface area contributed by atoms with E-state index in [-0.39, 0.29) is 5.91 Å². The minimum absolute atomic E-state index is 0.167. The van der Waals surface area contributed by atoms with Gasteiger partial charge < -0.3 is 10.1 Å². The lowest BCUT2D eigenvalue weighted by atomic mass is 9.97. The van der Waals surface area contributed by atoms with E-state index in [1.54, 1.807) is 7.11 Å². The Bertz CT molecular complexity index is 1030. The van der Waals surface area contributed by atoms with Crippen LogP contribution >= 0.6 is 0 Å². The summed E-state index contributed by atoms with van der Waals surface area (Å²) in [6.07, 6.45) is 5.97. The zero-order chi connectivity index (χ0) is 23.0. The highest BCUT2D eigenvalue weighted by molar-refractivity contribution is 5.75. The Morgan fingerprint density at radius 1 is 1.15 bits per heavy atom. The Morgan fingerprint density at radius 3 is 2.67 bits per heavy atom. The maximum Gasteiger partial charge on any atom is 0.219 e. The SMILES string of the molecule is CCCC(=O)NCC1CCCN(Cc2cn(-c3ccccc3)nc2-c2ccc(OC)cc2)C1. The van der Waals surface area contributed by atoms with Crippen LogP contribution in [0.2, 0.25) is 0 Å². The molecule has 0 bridgehead atoms. The molecule has 6 nitrogen and oxygen atoms in total. The van der Waals surface area contributed by atoms with Gasteiger partial charge in [0.25, 0.3) is 0 Å². The molecule has 1 aromatic heterocycles. The van der Waals surface area contributed by atoms with E-state index < -0.39 is 0 Å². The highest BCUT2D eigenvalue weighted by Gasteiger charge is 2.23. The molecule has 2 aromatic carbocycles. The monoisotopic (exact) mass is 446 g/mol. The van der Waals surface area contributed by atoms with Gasteiger partial charge in [-0.3, -0.25) is 9.69 Å². The van der Waals surface area contributed by atoms with Gasteiger partial charge in [-0.1, -0.05) is 25.1 Å². The molecule has 1 unspecified atom stereocenters. The summed E-state index contributed by atoms with van der Waals surface area (Å²) >= 11 is 0. The number of amides is 1. The summed E-state index contributed by atoms with van der Waals surface area (Å²) < 4.78 is 7.31. The predicted molar refractivity (Wildman–Crippen MR) is 131 cm³/mol. The van der Waals surface area contributed by atoms with Crippen LogP contribution in [0.1, 0.15) is 38.2 Å². The van der Waals surface area contributed by atoms with Crippen LogP contribution in [0.15, 0.2) is 60.8 Å². The molecule has 1 N–H and O–H groups in total. The first-order valence-corrected chi connectivity index (χ1v) is 11.9. The van der Waals surface area contributed by atoms with Gasteiger partial charge in [-0.15, -0.1) is 0 Å². The Balaban J connectivity index is 1.53. The number of methoxy groups -OCH3 is 1. The van der Waals surface area contributed by atoms with E-state index in [9.17, 15) is 4.79 Å². The van der Waals surface area contributed by atoms with E-state index in [1.165, 1.54) is 5.56 Å². The zero-order valence-electron chi connectivity index (χ0n) is 19.7. The molecule has 6 heteroatoms. The molecule has 1 aliphatic heterocycles. The van der Waals surface area contributed by atoms with E-state index in [2.05, 4.69) is 40.7 Å². The van der Waals surface area contributed by atoms with E-state index in [1.807, 2.05) is 41.9 Å². The maximum atomic E-state index is 11.9. The van der Waals surface area contributed by atoms with Crippen LogP contribution in [0.4, 0.5) is 0 Å². The highest BCUT2D eigenvalue weighted by atomic mass is 16.5. The van der Waals surface area contributed by atoms with Crippen LogP contribution in [-0.4, -0.2) is 47.3 Å². The number of piperidine rings is 1. The maximum absolute atomic E-state index is 11.9. The number of ether oxygens (including phenoxy) is 1. The minimum Gasteiger partial charge on any atom is -0.497 e. The van der Waals surface area contributed by atoms with Crippen LogP contribution in [0.3, 0.4) is 0 Å². The second-order valence-electron chi connectivity index (χ2n) is 8.81. The first-order valence-electron chi connectivity index (χ1n) is 11.9. The fourth-order valence-corrected chi connectivity index (χ4v) is 4.51. The molecular formula is C27H34N4O2. The first kappa shape index (κ1) is 23.1. The number of nitrogens with one attached hydrogen (secondary N) is 1. The fraction of sp³-hybridized carbons (Fsp3) is 0.407. The van der Waals surface area contributed by atoms with E-state index in [4.69, 9.17) is 9.84 Å². The summed E-state index contributed by atoms with van der Waals surface area (Å²) in [7, 11) is 1.68. The number of benzene rings is 2. The zero-order valence-corrected chi connectivity index (χ0v) is 19.7. The summed E-state index contributed by atoms with van der Waals surface area (Å²) in [4.78, 5) is 14.4. The largest absolute Gasteiger partial charge is 0.497 e. The molecule has 174 valence electrons. The summed E-state index contributed by atoms with van der Waals surface area (Å²) in [5.41, 5.74) is 4.34. The van der Waals surface area contributed by atoms with Crippen molar-refractivity contribution in [2.24, 2.45) is 5.92 Å². The number of hydrogen-bond acceptors (Lipinski definition) is 4. The number of carbonyl (C=O) groups excluding carboxylic acids is 1. The van der Waals surface area contributed by atoms with Crippen molar-refractivity contribution in [2.45, 2.75) is 39.2 Å². The lowest BCUT2D eigenvalue weighted by Gasteiger charge is -2.32. The number of aromatic nitrogens is 2. The summed E-state index contributed by atoms with van der Waals surface area (Å²) in [5.74, 6) is 1.50. The normalized spacial score (nSPS) is 16.5. The van der Waals surface area contributed by atoms with Gasteiger partial charge in [0.2, 0.25) is 5.91 Å². The van der Waals surface area contributed by atoms with Crippen molar-refractivity contribution in [1.29, 1.82) is 0 Å². The van der Waals surface area contributed by atoms with Crippen LogP contribution < -0.4 is 10.1 Å². The van der Waals surface area contributed by atoms with Gasteiger partial charge in [0.1, 0.15) is 5.75 Å². The molecule has 0 spiro atoms. The molecule has 0 radical (unpaired) electrons. The van der Waals surface area contributed by atoms with Crippen LogP contribution in [0.25, 0.3) is 16.9 Å². The number of nitrogens with zero attached hydrogens (tertiary/aromatic N) is 3. The quantitative estimate of drug-likeness (QED) is 0.519. The third kappa shape index (κ3) is 6.02. The molecule has 1 aliphatic rings. The van der Waals surface area contributed by atoms with Gasteiger partial charge in [0.15, 0.2) is 0 Å². The minimum atomic E-state index is 0.167. The van der Waals surface area contributed by atoms with Gasteiger partial charge >= 0.3 is 0 Å². The van der Waals surface area contributed by atoms with Crippen LogP contribution in [0, 0.1) is 5.92 Å². The van der Waals surface area contributed by atoms with E-state index in [0.29, 0.717) is 12.3 Å². The molecule has 0 aliphatic carbocycles. The highest BCUT2D eigenvalue weighted by Crippen LogP contribution is 2.28. The molecule has 0 saturated carbocycles. The Morgan fingerprint density at radius 2 is 1.94 bits per heavy atom. The summed E-state index contributed by atoms with van der Waals surface area (Å²) in [5, 5.41) is 8.08. The third-order valence-electron chi connectivity index (χ3n) is 6.24. The molecular weight excluding hydrogens is 412 g/mol. The smallest absolute Gasteiger partial charge is 0.219 e. The standard InChI is InChI=1S/C27H34N4O2/c1-3-8-26(32)28-17-21-9-7-16-30(18-21)19-23-20-31(24-10-5-4-6-11-24)29-27(23)22-12-14-25(33-2)15-13-22/h4-6,10-15,20-21H,3,7-9,16-19H2,1-2H3,(H,28,32). The summed E-state index contributed by atoms with van der Waals surface area (Å²) in [6.45, 7) is 5.71. The summed E-state index contributed by atoms with van der Waals surface area (Å²) in [6, 6.07) is 18.3. The number of carbonyl (C=O) groups is 1. The van der Waals surface area contributed by atoms with E-state index >= 15 is 0 Å². The molecule has 33 heavy (non-hydrogen) atoms. The first-order chi connectivity index (χ1) is 16.2. The van der Waals surface area contributed by atoms with Gasteiger partial charge in [0.05, 0.1) is 18.5 Å². The Labute approximate surface area is 196 Å². The molecule has 1 amide bonds.